The van der Waals surface area contributed by atoms with E-state index >= 15 is 0 Å². The van der Waals surface area contributed by atoms with Crippen molar-refractivity contribution in [2.24, 2.45) is 0 Å². The Labute approximate surface area is 171 Å². The molecule has 2 aromatic rings. The summed E-state index contributed by atoms with van der Waals surface area (Å²) in [4.78, 5) is 30.2. The molecule has 5 heteroatoms. The summed E-state index contributed by atoms with van der Waals surface area (Å²) in [6.07, 6.45) is -0.00496. The number of amides is 2. The van der Waals surface area contributed by atoms with Gasteiger partial charge in [0.05, 0.1) is 24.3 Å². The van der Waals surface area contributed by atoms with E-state index < -0.39 is 0 Å². The highest BCUT2D eigenvalue weighted by atomic mass is 16.5. The Balaban J connectivity index is 1.73. The maximum absolute atomic E-state index is 13.4. The topological polar surface area (TPSA) is 49.9 Å². The second kappa shape index (κ2) is 7.84. The molecule has 0 spiro atoms. The van der Waals surface area contributed by atoms with E-state index in [1.807, 2.05) is 80.3 Å². The van der Waals surface area contributed by atoms with Crippen molar-refractivity contribution in [3.05, 3.63) is 77.0 Å². The molecule has 2 amide bonds. The van der Waals surface area contributed by atoms with E-state index in [1.165, 1.54) is 4.90 Å². The van der Waals surface area contributed by atoms with Gasteiger partial charge in [-0.2, -0.15) is 0 Å². The minimum atomic E-state index is -0.233. The van der Waals surface area contributed by atoms with E-state index in [9.17, 15) is 9.59 Å². The van der Waals surface area contributed by atoms with Crippen LogP contribution in [0.1, 0.15) is 30.5 Å². The van der Waals surface area contributed by atoms with Crippen LogP contribution in [0.3, 0.4) is 0 Å². The smallest absolute Gasteiger partial charge is 0.278 e. The molecule has 1 saturated heterocycles. The molecule has 0 bridgehead atoms. The first-order valence-electron chi connectivity index (χ1n) is 10.1. The SMILES string of the molecule is Cc1ccc(CN2C(=O)C(c3ccccc3)=C(N3CC(C)OC(C)C3)C2=O)cc1. The number of benzene rings is 2. The predicted octanol–water partition coefficient (Wildman–Crippen LogP) is 3.38. The molecule has 1 fully saturated rings. The first kappa shape index (κ1) is 19.4. The minimum Gasteiger partial charge on any atom is -0.372 e. The van der Waals surface area contributed by atoms with E-state index in [0.29, 0.717) is 24.4 Å². The van der Waals surface area contributed by atoms with Gasteiger partial charge in [0.2, 0.25) is 0 Å². The van der Waals surface area contributed by atoms with Crippen LogP contribution in [0.4, 0.5) is 0 Å². The number of morpholine rings is 1. The van der Waals surface area contributed by atoms with Gasteiger partial charge in [-0.25, -0.2) is 0 Å². The molecule has 2 aliphatic rings. The van der Waals surface area contributed by atoms with Crippen LogP contribution in [-0.2, 0) is 20.9 Å². The van der Waals surface area contributed by atoms with Crippen LogP contribution in [0.2, 0.25) is 0 Å². The minimum absolute atomic E-state index is 0.00248. The summed E-state index contributed by atoms with van der Waals surface area (Å²) in [5, 5.41) is 0. The molecule has 0 aliphatic carbocycles. The summed E-state index contributed by atoms with van der Waals surface area (Å²) in [7, 11) is 0. The van der Waals surface area contributed by atoms with Crippen molar-refractivity contribution in [2.75, 3.05) is 13.1 Å². The molecular weight excluding hydrogens is 364 g/mol. The average Bonchev–Trinajstić information content (AvgIpc) is 2.94. The van der Waals surface area contributed by atoms with Crippen LogP contribution < -0.4 is 0 Å². The van der Waals surface area contributed by atoms with Gasteiger partial charge >= 0.3 is 0 Å². The van der Waals surface area contributed by atoms with Gasteiger partial charge in [0, 0.05) is 13.1 Å². The number of hydrogen-bond donors (Lipinski definition) is 0. The van der Waals surface area contributed by atoms with E-state index in [0.717, 1.165) is 16.7 Å². The van der Waals surface area contributed by atoms with Gasteiger partial charge in [0.1, 0.15) is 5.70 Å². The predicted molar refractivity (Wildman–Crippen MR) is 112 cm³/mol. The number of ether oxygens (including phenoxy) is 1. The quantitative estimate of drug-likeness (QED) is 0.751. The fourth-order valence-corrected chi connectivity index (χ4v) is 4.10. The Morgan fingerprint density at radius 3 is 2.14 bits per heavy atom. The van der Waals surface area contributed by atoms with Crippen LogP contribution in [0, 0.1) is 6.92 Å². The zero-order valence-electron chi connectivity index (χ0n) is 17.1. The number of carbonyl (C=O) groups is 2. The van der Waals surface area contributed by atoms with Crippen molar-refractivity contribution in [1.82, 2.24) is 9.80 Å². The monoisotopic (exact) mass is 390 g/mol. The van der Waals surface area contributed by atoms with Crippen molar-refractivity contribution in [3.8, 4) is 0 Å². The van der Waals surface area contributed by atoms with Crippen LogP contribution in [0.15, 0.2) is 60.3 Å². The highest BCUT2D eigenvalue weighted by molar-refractivity contribution is 6.35. The Bertz CT molecular complexity index is 940. The van der Waals surface area contributed by atoms with Crippen LogP contribution >= 0.6 is 0 Å². The van der Waals surface area contributed by atoms with Gasteiger partial charge in [0.15, 0.2) is 0 Å². The summed E-state index contributed by atoms with van der Waals surface area (Å²) in [6.45, 7) is 7.46. The third-order valence-corrected chi connectivity index (χ3v) is 5.40. The fraction of sp³-hybridized carbons (Fsp3) is 0.333. The Kier molecular flexibility index (Phi) is 5.24. The number of rotatable bonds is 4. The lowest BCUT2D eigenvalue weighted by molar-refractivity contribution is -0.139. The lowest BCUT2D eigenvalue weighted by Gasteiger charge is -2.37. The van der Waals surface area contributed by atoms with Crippen molar-refractivity contribution in [2.45, 2.75) is 39.5 Å². The summed E-state index contributed by atoms with van der Waals surface area (Å²) >= 11 is 0. The van der Waals surface area contributed by atoms with Gasteiger partial charge in [-0.05, 0) is 31.9 Å². The first-order chi connectivity index (χ1) is 13.9. The zero-order valence-corrected chi connectivity index (χ0v) is 17.1. The number of imide groups is 1. The van der Waals surface area contributed by atoms with Gasteiger partial charge in [-0.15, -0.1) is 0 Å². The number of nitrogens with zero attached hydrogens (tertiary/aromatic N) is 2. The second-order valence-corrected chi connectivity index (χ2v) is 7.93. The van der Waals surface area contributed by atoms with E-state index in [-0.39, 0.29) is 30.6 Å². The molecule has 2 atom stereocenters. The number of hydrogen-bond acceptors (Lipinski definition) is 4. The van der Waals surface area contributed by atoms with Gasteiger partial charge < -0.3 is 9.64 Å². The molecule has 0 saturated carbocycles. The molecule has 0 radical (unpaired) electrons. The highest BCUT2D eigenvalue weighted by Crippen LogP contribution is 2.34. The van der Waals surface area contributed by atoms with Gasteiger partial charge in [0.25, 0.3) is 11.8 Å². The third kappa shape index (κ3) is 3.83. The van der Waals surface area contributed by atoms with Crippen LogP contribution in [0.25, 0.3) is 5.57 Å². The van der Waals surface area contributed by atoms with Crippen molar-refractivity contribution in [3.63, 3.8) is 0 Å². The normalized spacial score (nSPS) is 22.6. The molecule has 4 rings (SSSR count). The third-order valence-electron chi connectivity index (χ3n) is 5.40. The highest BCUT2D eigenvalue weighted by Gasteiger charge is 2.42. The molecule has 150 valence electrons. The Morgan fingerprint density at radius 1 is 0.897 bits per heavy atom. The first-order valence-corrected chi connectivity index (χ1v) is 10.1. The van der Waals surface area contributed by atoms with E-state index in [2.05, 4.69) is 0 Å². The van der Waals surface area contributed by atoms with Crippen molar-refractivity contribution >= 4 is 17.4 Å². The van der Waals surface area contributed by atoms with E-state index in [4.69, 9.17) is 4.74 Å². The summed E-state index contributed by atoms with van der Waals surface area (Å²) < 4.78 is 5.84. The molecule has 5 nitrogen and oxygen atoms in total. The van der Waals surface area contributed by atoms with Crippen molar-refractivity contribution < 1.29 is 14.3 Å². The molecule has 0 N–H and O–H groups in total. The van der Waals surface area contributed by atoms with Crippen LogP contribution in [-0.4, -0.2) is 46.9 Å². The summed E-state index contributed by atoms with van der Waals surface area (Å²) in [5.41, 5.74) is 3.85. The van der Waals surface area contributed by atoms with Crippen molar-refractivity contribution in [1.29, 1.82) is 0 Å². The summed E-state index contributed by atoms with van der Waals surface area (Å²) in [5.74, 6) is -0.459. The standard InChI is InChI=1S/C24H26N2O3/c1-16-9-11-19(12-10-16)15-26-23(27)21(20-7-5-4-6-8-20)22(24(26)28)25-13-17(2)29-18(3)14-25/h4-12,17-18H,13-15H2,1-3H3. The summed E-state index contributed by atoms with van der Waals surface area (Å²) in [6, 6.07) is 17.4. The Morgan fingerprint density at radius 2 is 1.52 bits per heavy atom. The van der Waals surface area contributed by atoms with Gasteiger partial charge in [-0.3, -0.25) is 14.5 Å². The number of aryl methyl sites for hydroxylation is 1. The maximum Gasteiger partial charge on any atom is 0.278 e. The average molecular weight is 390 g/mol. The molecule has 2 aromatic carbocycles. The molecular formula is C24H26N2O3. The maximum atomic E-state index is 13.4. The largest absolute Gasteiger partial charge is 0.372 e. The van der Waals surface area contributed by atoms with Gasteiger partial charge in [-0.1, -0.05) is 60.2 Å². The number of carbonyl (C=O) groups excluding carboxylic acids is 2. The van der Waals surface area contributed by atoms with Crippen LogP contribution in [0.5, 0.6) is 0 Å². The molecule has 2 heterocycles. The van der Waals surface area contributed by atoms with E-state index in [1.54, 1.807) is 0 Å². The zero-order chi connectivity index (χ0) is 20.5. The molecule has 29 heavy (non-hydrogen) atoms. The second-order valence-electron chi connectivity index (χ2n) is 7.93. The lowest BCUT2D eigenvalue weighted by Crippen LogP contribution is -2.46. The Hall–Kier alpha value is -2.92. The molecule has 0 aromatic heterocycles. The molecule has 2 unspecified atom stereocenters. The lowest BCUT2D eigenvalue weighted by atomic mass is 10.0. The molecule has 2 aliphatic heterocycles. The fourth-order valence-electron chi connectivity index (χ4n) is 4.10.